The summed E-state index contributed by atoms with van der Waals surface area (Å²) < 4.78 is 0.480. The van der Waals surface area contributed by atoms with E-state index < -0.39 is 0 Å². The summed E-state index contributed by atoms with van der Waals surface area (Å²) in [4.78, 5) is 19.0. The van der Waals surface area contributed by atoms with Gasteiger partial charge >= 0.3 is 0 Å². The molecule has 1 N–H and O–H groups in total. The molecule has 1 aromatic carbocycles. The maximum absolute atomic E-state index is 11.7. The van der Waals surface area contributed by atoms with E-state index in [1.165, 1.54) is 12.0 Å². The summed E-state index contributed by atoms with van der Waals surface area (Å²) in [6.07, 6.45) is 4.86. The van der Waals surface area contributed by atoms with Gasteiger partial charge < -0.3 is 4.98 Å². The maximum Gasteiger partial charge on any atom is 0.265 e. The molecule has 18 heavy (non-hydrogen) atoms. The van der Waals surface area contributed by atoms with Crippen molar-refractivity contribution in [2.24, 2.45) is 0 Å². The van der Waals surface area contributed by atoms with Crippen molar-refractivity contribution in [3.8, 4) is 0 Å². The molecule has 0 bridgehead atoms. The molecular weight excluding hydrogens is 292 g/mol. The van der Waals surface area contributed by atoms with Crippen LogP contribution in [0.3, 0.4) is 0 Å². The van der Waals surface area contributed by atoms with Crippen molar-refractivity contribution >= 4 is 15.9 Å². The van der Waals surface area contributed by atoms with Crippen LogP contribution in [-0.2, 0) is 5.41 Å². The van der Waals surface area contributed by atoms with E-state index in [-0.39, 0.29) is 11.0 Å². The zero-order valence-corrected chi connectivity index (χ0v) is 11.4. The normalized spacial score (nSPS) is 17.2. The second kappa shape index (κ2) is 4.35. The summed E-state index contributed by atoms with van der Waals surface area (Å²) in [5.41, 5.74) is 1.03. The number of nitrogens with one attached hydrogen (secondary N) is 1. The number of hydrogen-bond acceptors (Lipinski definition) is 2. The minimum atomic E-state index is -0.109. The van der Waals surface area contributed by atoms with Gasteiger partial charge in [0.05, 0.1) is 5.41 Å². The Morgan fingerprint density at radius 2 is 1.94 bits per heavy atom. The number of rotatable bonds is 2. The first-order chi connectivity index (χ1) is 8.72. The molecule has 0 unspecified atom stereocenters. The van der Waals surface area contributed by atoms with Crippen molar-refractivity contribution < 1.29 is 0 Å². The standard InChI is InChI=1S/C14H13BrN2O/c15-11-9-16-13(17-12(11)18)14(7-4-8-14)10-5-2-1-3-6-10/h1-3,5-6,9H,4,7-8H2,(H,16,17,18). The Labute approximate surface area is 113 Å². The Morgan fingerprint density at radius 3 is 2.50 bits per heavy atom. The molecule has 1 aliphatic carbocycles. The average Bonchev–Trinajstić information content (AvgIpc) is 2.34. The van der Waals surface area contributed by atoms with Gasteiger partial charge in [-0.1, -0.05) is 36.8 Å². The fourth-order valence-electron chi connectivity index (χ4n) is 2.57. The van der Waals surface area contributed by atoms with Crippen LogP contribution in [0.25, 0.3) is 0 Å². The highest BCUT2D eigenvalue weighted by molar-refractivity contribution is 9.10. The molecule has 0 amide bonds. The van der Waals surface area contributed by atoms with E-state index in [1.54, 1.807) is 6.20 Å². The van der Waals surface area contributed by atoms with E-state index in [4.69, 9.17) is 0 Å². The van der Waals surface area contributed by atoms with Gasteiger partial charge in [0.15, 0.2) is 0 Å². The van der Waals surface area contributed by atoms with Crippen LogP contribution in [0.4, 0.5) is 0 Å². The predicted molar refractivity (Wildman–Crippen MR) is 73.6 cm³/mol. The van der Waals surface area contributed by atoms with Crippen LogP contribution >= 0.6 is 15.9 Å². The first-order valence-electron chi connectivity index (χ1n) is 6.03. The van der Waals surface area contributed by atoms with E-state index in [9.17, 15) is 4.79 Å². The van der Waals surface area contributed by atoms with Gasteiger partial charge in [-0.25, -0.2) is 4.98 Å². The summed E-state index contributed by atoms with van der Waals surface area (Å²) in [7, 11) is 0. The summed E-state index contributed by atoms with van der Waals surface area (Å²) >= 11 is 3.19. The second-order valence-electron chi connectivity index (χ2n) is 4.71. The molecule has 92 valence electrons. The van der Waals surface area contributed by atoms with Gasteiger partial charge in [-0.15, -0.1) is 0 Å². The lowest BCUT2D eigenvalue weighted by Crippen LogP contribution is -2.38. The highest BCUT2D eigenvalue weighted by Gasteiger charge is 2.42. The molecular formula is C14H13BrN2O. The molecule has 0 spiro atoms. The summed E-state index contributed by atoms with van der Waals surface area (Å²) in [6.45, 7) is 0. The van der Waals surface area contributed by atoms with Crippen LogP contribution in [0.5, 0.6) is 0 Å². The van der Waals surface area contributed by atoms with E-state index in [0.717, 1.165) is 18.7 Å². The number of aromatic nitrogens is 2. The largest absolute Gasteiger partial charge is 0.309 e. The number of nitrogens with zero attached hydrogens (tertiary/aromatic N) is 1. The van der Waals surface area contributed by atoms with E-state index in [1.807, 2.05) is 18.2 Å². The number of halogens is 1. The fourth-order valence-corrected chi connectivity index (χ4v) is 2.77. The molecule has 0 radical (unpaired) electrons. The first-order valence-corrected chi connectivity index (χ1v) is 6.82. The van der Waals surface area contributed by atoms with Gasteiger partial charge in [0.2, 0.25) is 0 Å². The lowest BCUT2D eigenvalue weighted by atomic mass is 9.64. The van der Waals surface area contributed by atoms with Crippen LogP contribution in [0, 0.1) is 0 Å². The number of hydrogen-bond donors (Lipinski definition) is 1. The molecule has 1 fully saturated rings. The Balaban J connectivity index is 2.12. The molecule has 3 nitrogen and oxygen atoms in total. The van der Waals surface area contributed by atoms with Crippen molar-refractivity contribution in [1.29, 1.82) is 0 Å². The third-order valence-electron chi connectivity index (χ3n) is 3.74. The first kappa shape index (κ1) is 11.7. The SMILES string of the molecule is O=c1[nH]c(C2(c3ccccc3)CCC2)ncc1Br. The summed E-state index contributed by atoms with van der Waals surface area (Å²) in [6, 6.07) is 10.3. The maximum atomic E-state index is 11.7. The number of H-pyrrole nitrogens is 1. The van der Waals surface area contributed by atoms with Crippen LogP contribution < -0.4 is 5.56 Å². The van der Waals surface area contributed by atoms with Crippen LogP contribution in [0.1, 0.15) is 30.7 Å². The average molecular weight is 305 g/mol. The van der Waals surface area contributed by atoms with Crippen molar-refractivity contribution in [3.05, 3.63) is 62.7 Å². The zero-order valence-electron chi connectivity index (χ0n) is 9.82. The number of benzene rings is 1. The highest BCUT2D eigenvalue weighted by Crippen LogP contribution is 2.47. The smallest absolute Gasteiger partial charge is 0.265 e. The van der Waals surface area contributed by atoms with Crippen molar-refractivity contribution in [3.63, 3.8) is 0 Å². The topological polar surface area (TPSA) is 45.8 Å². The lowest BCUT2D eigenvalue weighted by Gasteiger charge is -2.41. The molecule has 0 saturated heterocycles. The van der Waals surface area contributed by atoms with Gasteiger partial charge in [0.25, 0.3) is 5.56 Å². The molecule has 0 atom stereocenters. The molecule has 1 aromatic heterocycles. The van der Waals surface area contributed by atoms with E-state index in [0.29, 0.717) is 4.47 Å². The van der Waals surface area contributed by atoms with Gasteiger partial charge in [-0.3, -0.25) is 4.79 Å². The Kier molecular flexibility index (Phi) is 2.82. The molecule has 4 heteroatoms. The second-order valence-corrected chi connectivity index (χ2v) is 5.56. The Bertz CT molecular complexity index is 617. The number of aromatic amines is 1. The molecule has 0 aliphatic heterocycles. The van der Waals surface area contributed by atoms with Crippen molar-refractivity contribution in [1.82, 2.24) is 9.97 Å². The van der Waals surface area contributed by atoms with Crippen LogP contribution in [0.2, 0.25) is 0 Å². The molecule has 3 rings (SSSR count). The van der Waals surface area contributed by atoms with Gasteiger partial charge in [0.1, 0.15) is 10.3 Å². The Morgan fingerprint density at radius 1 is 1.22 bits per heavy atom. The fraction of sp³-hybridized carbons (Fsp3) is 0.286. The van der Waals surface area contributed by atoms with E-state index in [2.05, 4.69) is 38.0 Å². The molecule has 1 aliphatic rings. The lowest BCUT2D eigenvalue weighted by molar-refractivity contribution is 0.284. The third kappa shape index (κ3) is 1.72. The van der Waals surface area contributed by atoms with Gasteiger partial charge in [0, 0.05) is 6.20 Å². The minimum absolute atomic E-state index is 0.0961. The molecule has 1 heterocycles. The highest BCUT2D eigenvalue weighted by atomic mass is 79.9. The zero-order chi connectivity index (χ0) is 12.6. The summed E-state index contributed by atoms with van der Waals surface area (Å²) in [5, 5.41) is 0. The van der Waals surface area contributed by atoms with E-state index >= 15 is 0 Å². The predicted octanol–water partition coefficient (Wildman–Crippen LogP) is 3.00. The third-order valence-corrected chi connectivity index (χ3v) is 4.31. The Hall–Kier alpha value is -1.42. The van der Waals surface area contributed by atoms with Crippen molar-refractivity contribution in [2.75, 3.05) is 0 Å². The molecule has 1 saturated carbocycles. The quantitative estimate of drug-likeness (QED) is 0.927. The molecule has 2 aromatic rings. The van der Waals surface area contributed by atoms with Crippen LogP contribution in [0.15, 0.2) is 45.8 Å². The van der Waals surface area contributed by atoms with Crippen LogP contribution in [-0.4, -0.2) is 9.97 Å². The minimum Gasteiger partial charge on any atom is -0.309 e. The van der Waals surface area contributed by atoms with Gasteiger partial charge in [-0.05, 0) is 34.3 Å². The summed E-state index contributed by atoms with van der Waals surface area (Å²) in [5.74, 6) is 0.785. The van der Waals surface area contributed by atoms with Crippen molar-refractivity contribution in [2.45, 2.75) is 24.7 Å². The monoisotopic (exact) mass is 304 g/mol. The van der Waals surface area contributed by atoms with Gasteiger partial charge in [-0.2, -0.15) is 0 Å².